The van der Waals surface area contributed by atoms with Gasteiger partial charge in [0.1, 0.15) is 0 Å². The van der Waals surface area contributed by atoms with Crippen molar-refractivity contribution in [1.82, 2.24) is 5.32 Å². The Morgan fingerprint density at radius 1 is 0.938 bits per heavy atom. The first-order valence-corrected chi connectivity index (χ1v) is 11.9. The van der Waals surface area contributed by atoms with Crippen LogP contribution in [0.4, 0.5) is 10.5 Å². The first-order valence-electron chi connectivity index (χ1n) is 11.1. The molecule has 1 aliphatic carbocycles. The zero-order valence-electron chi connectivity index (χ0n) is 20.1. The fraction of sp³-hybridized carbons (Fsp3) is 0.407. The monoisotopic (exact) mass is 448 g/mol. The maximum Gasteiger partial charge on any atom is 0.290 e. The average Bonchev–Trinajstić information content (AvgIpc) is 3.02. The second-order valence-corrected chi connectivity index (χ2v) is 11.5. The van der Waals surface area contributed by atoms with Crippen molar-refractivity contribution < 1.29 is 9.59 Å². The topological polar surface area (TPSA) is 49.4 Å². The van der Waals surface area contributed by atoms with E-state index in [2.05, 4.69) is 83.2 Å². The minimum Gasteiger partial charge on any atom is -0.377 e. The van der Waals surface area contributed by atoms with Crippen LogP contribution >= 0.6 is 11.8 Å². The van der Waals surface area contributed by atoms with Crippen molar-refractivity contribution in [2.24, 2.45) is 0 Å². The maximum atomic E-state index is 12.0. The van der Waals surface area contributed by atoms with Gasteiger partial charge in [-0.05, 0) is 94.4 Å². The van der Waals surface area contributed by atoms with Gasteiger partial charge in [0, 0.05) is 25.3 Å². The zero-order valence-corrected chi connectivity index (χ0v) is 20.9. The number of aryl methyl sites for hydroxylation is 1. The number of nitrogens with zero attached hydrogens (tertiary/aromatic N) is 1. The highest BCUT2D eigenvalue weighted by molar-refractivity contribution is 8.18. The van der Waals surface area contributed by atoms with E-state index in [1.165, 1.54) is 35.1 Å². The Bertz CT molecular complexity index is 1160. The highest BCUT2D eigenvalue weighted by atomic mass is 32.2. The summed E-state index contributed by atoms with van der Waals surface area (Å²) in [5, 5.41) is 2.01. The molecule has 0 saturated carbocycles. The fourth-order valence-corrected chi connectivity index (χ4v) is 5.52. The lowest BCUT2D eigenvalue weighted by atomic mass is 9.62. The van der Waals surface area contributed by atoms with Gasteiger partial charge in [0.2, 0.25) is 0 Å². The van der Waals surface area contributed by atoms with Gasteiger partial charge in [0.05, 0.1) is 4.91 Å². The van der Waals surface area contributed by atoms with Crippen molar-refractivity contribution in [2.45, 2.75) is 58.3 Å². The van der Waals surface area contributed by atoms with Gasteiger partial charge in [0.25, 0.3) is 11.1 Å². The molecule has 4 rings (SSSR count). The average molecular weight is 449 g/mol. The summed E-state index contributed by atoms with van der Waals surface area (Å²) in [6, 6.07) is 11.0. The Labute approximate surface area is 195 Å². The number of amides is 2. The Balaban J connectivity index is 1.90. The predicted molar refractivity (Wildman–Crippen MR) is 135 cm³/mol. The van der Waals surface area contributed by atoms with Gasteiger partial charge in [-0.2, -0.15) is 0 Å². The SMILES string of the molecule is Cc1cc2c(cc1-c1cc(/C=C3\SC(=O)NC3=O)ccc1N(C)C)C(C)(C)CCC2(C)C. The van der Waals surface area contributed by atoms with Gasteiger partial charge < -0.3 is 4.90 Å². The standard InChI is InChI=1S/C27H32N2O2S/c1-16-12-20-21(27(4,5)11-10-26(20,2)3)15-18(16)19-13-17(8-9-22(19)29(6)7)14-23-24(30)28-25(31)32-23/h8-9,12-15H,10-11H2,1-7H3,(H,28,30,31)/b23-14-. The lowest BCUT2D eigenvalue weighted by molar-refractivity contribution is -0.115. The summed E-state index contributed by atoms with van der Waals surface area (Å²) in [4.78, 5) is 26.2. The van der Waals surface area contributed by atoms with Crippen LogP contribution in [0, 0.1) is 6.92 Å². The predicted octanol–water partition coefficient (Wildman–Crippen LogP) is 6.40. The Morgan fingerprint density at radius 3 is 2.12 bits per heavy atom. The molecule has 168 valence electrons. The van der Waals surface area contributed by atoms with E-state index in [0.717, 1.165) is 28.6 Å². The summed E-state index contributed by atoms with van der Waals surface area (Å²) >= 11 is 0.953. The number of thioether (sulfide) groups is 1. The number of rotatable bonds is 3. The Morgan fingerprint density at radius 2 is 1.56 bits per heavy atom. The molecule has 1 heterocycles. The van der Waals surface area contributed by atoms with Crippen molar-refractivity contribution >= 4 is 34.7 Å². The molecule has 2 amide bonds. The molecule has 4 nitrogen and oxygen atoms in total. The smallest absolute Gasteiger partial charge is 0.290 e. The minimum absolute atomic E-state index is 0.129. The molecule has 2 aromatic carbocycles. The summed E-state index contributed by atoms with van der Waals surface area (Å²) in [5.74, 6) is -0.327. The Kier molecular flexibility index (Phi) is 5.52. The van der Waals surface area contributed by atoms with Gasteiger partial charge in [-0.25, -0.2) is 0 Å². The van der Waals surface area contributed by atoms with Crippen molar-refractivity contribution in [2.75, 3.05) is 19.0 Å². The molecule has 0 unspecified atom stereocenters. The molecule has 1 aliphatic heterocycles. The minimum atomic E-state index is -0.327. The van der Waals surface area contributed by atoms with Crippen LogP contribution in [-0.4, -0.2) is 25.2 Å². The summed E-state index contributed by atoms with van der Waals surface area (Å²) < 4.78 is 0. The Hall–Kier alpha value is -2.53. The summed E-state index contributed by atoms with van der Waals surface area (Å²) in [6.07, 6.45) is 4.16. The van der Waals surface area contributed by atoms with E-state index in [9.17, 15) is 9.59 Å². The van der Waals surface area contributed by atoms with Gasteiger partial charge in [-0.1, -0.05) is 39.8 Å². The van der Waals surface area contributed by atoms with Gasteiger partial charge >= 0.3 is 0 Å². The van der Waals surface area contributed by atoms with E-state index < -0.39 is 0 Å². The quantitative estimate of drug-likeness (QED) is 0.552. The number of carbonyl (C=O) groups excluding carboxylic acids is 2. The van der Waals surface area contributed by atoms with Crippen molar-refractivity contribution in [3.8, 4) is 11.1 Å². The van der Waals surface area contributed by atoms with Crippen LogP contribution in [0.2, 0.25) is 0 Å². The molecule has 2 aliphatic rings. The molecular weight excluding hydrogens is 416 g/mol. The first-order chi connectivity index (χ1) is 14.9. The van der Waals surface area contributed by atoms with E-state index in [1.807, 2.05) is 6.07 Å². The molecule has 2 aromatic rings. The molecule has 5 heteroatoms. The van der Waals surface area contributed by atoms with Crippen LogP contribution in [0.5, 0.6) is 0 Å². The number of nitrogens with one attached hydrogen (secondary N) is 1. The molecule has 0 radical (unpaired) electrons. The van der Waals surface area contributed by atoms with Crippen LogP contribution in [0.25, 0.3) is 17.2 Å². The lowest BCUT2D eigenvalue weighted by Gasteiger charge is -2.42. The van der Waals surface area contributed by atoms with Crippen LogP contribution in [0.15, 0.2) is 35.2 Å². The molecule has 1 fully saturated rings. The van der Waals surface area contributed by atoms with Crippen molar-refractivity contribution in [1.29, 1.82) is 0 Å². The van der Waals surface area contributed by atoms with Gasteiger partial charge in [-0.3, -0.25) is 14.9 Å². The molecule has 0 bridgehead atoms. The summed E-state index contributed by atoms with van der Waals surface area (Å²) in [6.45, 7) is 11.6. The van der Waals surface area contributed by atoms with E-state index in [0.29, 0.717) is 4.91 Å². The van der Waals surface area contributed by atoms with Gasteiger partial charge in [-0.15, -0.1) is 0 Å². The van der Waals surface area contributed by atoms with E-state index >= 15 is 0 Å². The molecular formula is C27H32N2O2S. The highest BCUT2D eigenvalue weighted by Gasteiger charge is 2.37. The fourth-order valence-electron chi connectivity index (χ4n) is 4.83. The summed E-state index contributed by atoms with van der Waals surface area (Å²) in [7, 11) is 4.10. The first kappa shape index (κ1) is 22.7. The number of imide groups is 1. The van der Waals surface area contributed by atoms with Crippen LogP contribution < -0.4 is 10.2 Å². The third-order valence-electron chi connectivity index (χ3n) is 6.93. The largest absolute Gasteiger partial charge is 0.377 e. The van der Waals surface area contributed by atoms with Crippen LogP contribution in [0.3, 0.4) is 0 Å². The van der Waals surface area contributed by atoms with E-state index in [-0.39, 0.29) is 22.0 Å². The zero-order chi connectivity index (χ0) is 23.4. The normalized spacial score (nSPS) is 20.3. The van der Waals surface area contributed by atoms with E-state index in [1.54, 1.807) is 6.08 Å². The van der Waals surface area contributed by atoms with Crippen molar-refractivity contribution in [3.05, 3.63) is 57.5 Å². The van der Waals surface area contributed by atoms with Crippen molar-refractivity contribution in [3.63, 3.8) is 0 Å². The second-order valence-electron chi connectivity index (χ2n) is 10.5. The van der Waals surface area contributed by atoms with Crippen LogP contribution in [0.1, 0.15) is 62.8 Å². The second kappa shape index (κ2) is 7.80. The van der Waals surface area contributed by atoms with Crippen LogP contribution in [-0.2, 0) is 15.6 Å². The third kappa shape index (κ3) is 3.99. The van der Waals surface area contributed by atoms with E-state index in [4.69, 9.17) is 0 Å². The summed E-state index contributed by atoms with van der Waals surface area (Å²) in [5.41, 5.74) is 8.84. The molecule has 1 N–H and O–H groups in total. The maximum absolute atomic E-state index is 12.0. The highest BCUT2D eigenvalue weighted by Crippen LogP contribution is 2.48. The molecule has 0 aromatic heterocycles. The number of anilines is 1. The third-order valence-corrected chi connectivity index (χ3v) is 7.74. The number of hydrogen-bond donors (Lipinski definition) is 1. The molecule has 0 spiro atoms. The lowest BCUT2D eigenvalue weighted by Crippen LogP contribution is -2.34. The number of carbonyl (C=O) groups is 2. The molecule has 0 atom stereocenters. The number of benzene rings is 2. The molecule has 1 saturated heterocycles. The number of hydrogen-bond acceptors (Lipinski definition) is 4. The molecule has 32 heavy (non-hydrogen) atoms. The van der Waals surface area contributed by atoms with Gasteiger partial charge in [0.15, 0.2) is 0 Å². The number of fused-ring (bicyclic) bond motifs is 1.